The Hall–Kier alpha value is -0.850. The van der Waals surface area contributed by atoms with Crippen LogP contribution < -0.4 is 0 Å². The van der Waals surface area contributed by atoms with Crippen molar-refractivity contribution in [3.05, 3.63) is 18.0 Å². The number of rotatable bonds is 8. The summed E-state index contributed by atoms with van der Waals surface area (Å²) in [6.45, 7) is 6.46. The van der Waals surface area contributed by atoms with Crippen molar-refractivity contribution in [2.45, 2.75) is 70.0 Å². The topological polar surface area (TPSA) is 62.5 Å². The van der Waals surface area contributed by atoms with E-state index >= 15 is 0 Å². The van der Waals surface area contributed by atoms with Gasteiger partial charge >= 0.3 is 0 Å². The summed E-state index contributed by atoms with van der Waals surface area (Å²) >= 11 is 0. The average molecular weight is 314 g/mol. The minimum atomic E-state index is -3.45. The van der Waals surface area contributed by atoms with Crippen LogP contribution in [-0.2, 0) is 16.6 Å². The van der Waals surface area contributed by atoms with E-state index in [4.69, 9.17) is 0 Å². The first-order valence-corrected chi connectivity index (χ1v) is 9.19. The van der Waals surface area contributed by atoms with Crippen LogP contribution >= 0.6 is 0 Å². The van der Waals surface area contributed by atoms with E-state index in [-0.39, 0.29) is 18.7 Å². The molecule has 0 amide bonds. The number of unbranched alkanes of at least 4 members (excludes halogenated alkanes) is 1. The summed E-state index contributed by atoms with van der Waals surface area (Å²) in [5, 5.41) is 9.42. The molecule has 1 saturated carbocycles. The van der Waals surface area contributed by atoms with Gasteiger partial charge < -0.3 is 9.67 Å². The number of aliphatic hydroxyl groups excluding tert-OH is 1. The first-order chi connectivity index (χ1) is 9.91. The van der Waals surface area contributed by atoms with Gasteiger partial charge in [0, 0.05) is 30.5 Å². The third-order valence-corrected chi connectivity index (χ3v) is 5.84. The number of nitrogens with zero attached hydrogens (tertiary/aromatic N) is 2. The van der Waals surface area contributed by atoms with E-state index in [0.717, 1.165) is 25.7 Å². The Labute approximate surface area is 127 Å². The fraction of sp³-hybridized carbons (Fsp3) is 0.733. The predicted molar refractivity (Wildman–Crippen MR) is 82.6 cm³/mol. The van der Waals surface area contributed by atoms with Crippen LogP contribution in [0.5, 0.6) is 0 Å². The molecule has 1 N–H and O–H groups in total. The SMILES string of the molecule is CCCCN(C1CC1)S(=O)(=O)c1cc(CO)n(C(C)C)c1. The maximum absolute atomic E-state index is 12.9. The molecule has 21 heavy (non-hydrogen) atoms. The Morgan fingerprint density at radius 3 is 2.52 bits per heavy atom. The van der Waals surface area contributed by atoms with Gasteiger partial charge in [-0.15, -0.1) is 0 Å². The Kier molecular flexibility index (Phi) is 5.11. The van der Waals surface area contributed by atoms with E-state index in [0.29, 0.717) is 17.1 Å². The fourth-order valence-electron chi connectivity index (χ4n) is 2.56. The van der Waals surface area contributed by atoms with Crippen molar-refractivity contribution in [2.24, 2.45) is 0 Å². The molecule has 120 valence electrons. The van der Waals surface area contributed by atoms with Crippen molar-refractivity contribution in [1.82, 2.24) is 8.87 Å². The third-order valence-electron chi connectivity index (χ3n) is 3.92. The monoisotopic (exact) mass is 314 g/mol. The van der Waals surface area contributed by atoms with Crippen LogP contribution in [0, 0.1) is 0 Å². The van der Waals surface area contributed by atoms with Gasteiger partial charge in [-0.05, 0) is 39.2 Å². The van der Waals surface area contributed by atoms with Crippen molar-refractivity contribution in [2.75, 3.05) is 6.54 Å². The highest BCUT2D eigenvalue weighted by molar-refractivity contribution is 7.89. The molecule has 0 aliphatic heterocycles. The normalized spacial score (nSPS) is 16.1. The van der Waals surface area contributed by atoms with Crippen LogP contribution in [0.4, 0.5) is 0 Å². The molecular formula is C15H26N2O3S. The minimum absolute atomic E-state index is 0.126. The number of sulfonamides is 1. The molecule has 0 atom stereocenters. The largest absolute Gasteiger partial charge is 0.390 e. The average Bonchev–Trinajstić information content (AvgIpc) is 3.15. The van der Waals surface area contributed by atoms with Crippen LogP contribution in [-0.4, -0.2) is 35.0 Å². The number of aromatic nitrogens is 1. The lowest BCUT2D eigenvalue weighted by atomic mass is 10.3. The zero-order valence-electron chi connectivity index (χ0n) is 13.1. The summed E-state index contributed by atoms with van der Waals surface area (Å²) in [5.41, 5.74) is 0.648. The highest BCUT2D eigenvalue weighted by atomic mass is 32.2. The highest BCUT2D eigenvalue weighted by Gasteiger charge is 2.38. The van der Waals surface area contributed by atoms with Crippen molar-refractivity contribution >= 4 is 10.0 Å². The van der Waals surface area contributed by atoms with E-state index < -0.39 is 10.0 Å². The number of hydrogen-bond donors (Lipinski definition) is 1. The third kappa shape index (κ3) is 3.49. The lowest BCUT2D eigenvalue weighted by molar-refractivity contribution is 0.268. The lowest BCUT2D eigenvalue weighted by Gasteiger charge is -2.21. The molecule has 0 saturated heterocycles. The summed E-state index contributed by atoms with van der Waals surface area (Å²) in [6, 6.07) is 1.90. The Bertz CT molecular complexity index is 574. The van der Waals surface area contributed by atoms with E-state index in [1.54, 1.807) is 16.6 Å². The zero-order chi connectivity index (χ0) is 15.6. The smallest absolute Gasteiger partial charge is 0.244 e. The van der Waals surface area contributed by atoms with E-state index in [1.807, 2.05) is 18.4 Å². The molecule has 1 fully saturated rings. The molecule has 6 heteroatoms. The Balaban J connectivity index is 2.33. The second-order valence-corrected chi connectivity index (χ2v) is 7.92. The van der Waals surface area contributed by atoms with Gasteiger partial charge in [0.25, 0.3) is 0 Å². The molecule has 0 spiro atoms. The number of aliphatic hydroxyl groups is 1. The molecule has 0 radical (unpaired) electrons. The second-order valence-electron chi connectivity index (χ2n) is 6.03. The van der Waals surface area contributed by atoms with Gasteiger partial charge in [0.05, 0.1) is 6.61 Å². The summed E-state index contributed by atoms with van der Waals surface area (Å²) in [7, 11) is -3.45. The second kappa shape index (κ2) is 6.50. The maximum atomic E-state index is 12.9. The van der Waals surface area contributed by atoms with Crippen molar-refractivity contribution in [3.63, 3.8) is 0 Å². The highest BCUT2D eigenvalue weighted by Crippen LogP contribution is 2.33. The van der Waals surface area contributed by atoms with Gasteiger partial charge in [-0.1, -0.05) is 13.3 Å². The van der Waals surface area contributed by atoms with Gasteiger partial charge in [0.2, 0.25) is 10.0 Å². The minimum Gasteiger partial charge on any atom is -0.390 e. The van der Waals surface area contributed by atoms with Gasteiger partial charge in [-0.2, -0.15) is 4.31 Å². The molecule has 1 aromatic rings. The molecule has 0 unspecified atom stereocenters. The number of hydrogen-bond acceptors (Lipinski definition) is 3. The quantitative estimate of drug-likeness (QED) is 0.802. The molecule has 1 aliphatic carbocycles. The van der Waals surface area contributed by atoms with Gasteiger partial charge in [0.1, 0.15) is 4.90 Å². The summed E-state index contributed by atoms with van der Waals surface area (Å²) in [4.78, 5) is 0.309. The first-order valence-electron chi connectivity index (χ1n) is 7.75. The maximum Gasteiger partial charge on any atom is 0.244 e. The van der Waals surface area contributed by atoms with Crippen LogP contribution in [0.3, 0.4) is 0 Å². The molecule has 0 bridgehead atoms. The first kappa shape index (κ1) is 16.5. The van der Waals surface area contributed by atoms with Gasteiger partial charge in [0.15, 0.2) is 0 Å². The Morgan fingerprint density at radius 1 is 1.43 bits per heavy atom. The van der Waals surface area contributed by atoms with E-state index in [2.05, 4.69) is 6.92 Å². The molecule has 1 aliphatic rings. The zero-order valence-corrected chi connectivity index (χ0v) is 13.9. The van der Waals surface area contributed by atoms with Crippen molar-refractivity contribution in [3.8, 4) is 0 Å². The van der Waals surface area contributed by atoms with Crippen LogP contribution in [0.1, 0.15) is 58.2 Å². The van der Waals surface area contributed by atoms with Crippen molar-refractivity contribution < 1.29 is 13.5 Å². The van der Waals surface area contributed by atoms with Crippen LogP contribution in [0.25, 0.3) is 0 Å². The fourth-order valence-corrected chi connectivity index (χ4v) is 4.33. The lowest BCUT2D eigenvalue weighted by Crippen LogP contribution is -2.33. The van der Waals surface area contributed by atoms with Crippen LogP contribution in [0.2, 0.25) is 0 Å². The molecule has 1 heterocycles. The van der Waals surface area contributed by atoms with E-state index in [9.17, 15) is 13.5 Å². The van der Waals surface area contributed by atoms with Gasteiger partial charge in [-0.3, -0.25) is 0 Å². The summed E-state index contributed by atoms with van der Waals surface area (Å²) in [6.07, 6.45) is 5.44. The van der Waals surface area contributed by atoms with Gasteiger partial charge in [-0.25, -0.2) is 8.42 Å². The Morgan fingerprint density at radius 2 is 2.10 bits per heavy atom. The van der Waals surface area contributed by atoms with Crippen molar-refractivity contribution in [1.29, 1.82) is 0 Å². The molecule has 5 nitrogen and oxygen atoms in total. The molecule has 1 aromatic heterocycles. The molecule has 0 aromatic carbocycles. The summed E-state index contributed by atoms with van der Waals surface area (Å²) < 4.78 is 29.2. The van der Waals surface area contributed by atoms with E-state index in [1.165, 1.54) is 0 Å². The standard InChI is InChI=1S/C15H26N2O3S/c1-4-5-8-17(13-6-7-13)21(19,20)15-9-14(11-18)16(10-15)12(2)3/h9-10,12-13,18H,4-8,11H2,1-3H3. The molecular weight excluding hydrogens is 288 g/mol. The molecule has 2 rings (SSSR count). The summed E-state index contributed by atoms with van der Waals surface area (Å²) in [5.74, 6) is 0. The predicted octanol–water partition coefficient (Wildman–Crippen LogP) is 2.51. The van der Waals surface area contributed by atoms with Crippen LogP contribution in [0.15, 0.2) is 17.2 Å².